The van der Waals surface area contributed by atoms with Crippen molar-refractivity contribution in [3.8, 4) is 5.00 Å². The van der Waals surface area contributed by atoms with E-state index in [2.05, 4.69) is 9.88 Å². The molecular formula is C28H25F2N3OS. The lowest BCUT2D eigenvalue weighted by atomic mass is 9.95. The quantitative estimate of drug-likeness (QED) is 0.319. The van der Waals surface area contributed by atoms with Crippen molar-refractivity contribution >= 4 is 23.1 Å². The molecule has 0 fully saturated rings. The van der Waals surface area contributed by atoms with Crippen molar-refractivity contribution in [2.24, 2.45) is 0 Å². The first-order valence-electron chi connectivity index (χ1n) is 11.9. The molecule has 1 aliphatic heterocycles. The first-order chi connectivity index (χ1) is 17.0. The van der Waals surface area contributed by atoms with Gasteiger partial charge in [-0.25, -0.2) is 13.6 Å². The highest BCUT2D eigenvalue weighted by atomic mass is 32.1. The number of nitrogens with zero attached hydrogens (tertiary/aromatic N) is 2. The largest absolute Gasteiger partial charge is 0.322 e. The lowest BCUT2D eigenvalue weighted by Crippen LogP contribution is -2.38. The fraction of sp³-hybridized carbons (Fsp3) is 0.250. The van der Waals surface area contributed by atoms with E-state index in [4.69, 9.17) is 0 Å². The first kappa shape index (κ1) is 22.0. The number of aromatic nitrogens is 1. The molecule has 6 rings (SSSR count). The summed E-state index contributed by atoms with van der Waals surface area (Å²) in [5.41, 5.74) is 5.00. The number of hydrogen-bond donors (Lipinski definition) is 1. The highest BCUT2D eigenvalue weighted by Gasteiger charge is 2.36. The van der Waals surface area contributed by atoms with Gasteiger partial charge < -0.3 is 14.8 Å². The van der Waals surface area contributed by atoms with Crippen LogP contribution in [0.25, 0.3) is 5.00 Å². The van der Waals surface area contributed by atoms with E-state index in [1.54, 1.807) is 41.4 Å². The molecule has 0 unspecified atom stereocenters. The van der Waals surface area contributed by atoms with E-state index < -0.39 is 6.04 Å². The molecule has 2 aliphatic rings. The average Bonchev–Trinajstić information content (AvgIpc) is 3.43. The van der Waals surface area contributed by atoms with Crippen molar-refractivity contribution in [2.75, 3.05) is 5.32 Å². The topological polar surface area (TPSA) is 37.3 Å². The smallest absolute Gasteiger partial charge is 0.310 e. The van der Waals surface area contributed by atoms with Crippen LogP contribution in [0.5, 0.6) is 0 Å². The van der Waals surface area contributed by atoms with Gasteiger partial charge in [-0.1, -0.05) is 18.2 Å². The highest BCUT2D eigenvalue weighted by molar-refractivity contribution is 7.15. The van der Waals surface area contributed by atoms with Crippen LogP contribution in [0, 0.1) is 18.6 Å². The molecule has 35 heavy (non-hydrogen) atoms. The standard InChI is InChI=1S/C28H25F2N3OS/c1-17-11-12-20(15-23(17)30)31-28(34)33-16-22-21-8-2-3-10-25(21)35-27(22)32-13-5-9-24(32)26(33)18-6-4-7-19(29)14-18/h4-7,9,11-15,26H,2-3,8,10,16H2,1H3,(H,31,34)/t26-/m1/s1. The molecule has 0 saturated carbocycles. The number of anilines is 1. The van der Waals surface area contributed by atoms with Crippen LogP contribution in [0.4, 0.5) is 19.3 Å². The molecule has 2 aromatic carbocycles. The van der Waals surface area contributed by atoms with E-state index in [1.807, 2.05) is 24.4 Å². The summed E-state index contributed by atoms with van der Waals surface area (Å²) in [6, 6.07) is 14.2. The molecule has 4 nitrogen and oxygen atoms in total. The number of rotatable bonds is 2. The van der Waals surface area contributed by atoms with Crippen molar-refractivity contribution < 1.29 is 13.6 Å². The molecule has 0 radical (unpaired) electrons. The van der Waals surface area contributed by atoms with E-state index in [1.165, 1.54) is 35.1 Å². The Kier molecular flexibility index (Phi) is 5.44. The van der Waals surface area contributed by atoms with E-state index in [0.717, 1.165) is 35.5 Å². The van der Waals surface area contributed by atoms with Gasteiger partial charge in [0.1, 0.15) is 16.6 Å². The van der Waals surface area contributed by atoms with Crippen LogP contribution in [0.2, 0.25) is 0 Å². The minimum absolute atomic E-state index is 0.348. The monoisotopic (exact) mass is 489 g/mol. The molecule has 2 aromatic heterocycles. The second-order valence-electron chi connectivity index (χ2n) is 9.28. The Morgan fingerprint density at radius 1 is 1.03 bits per heavy atom. The predicted octanol–water partition coefficient (Wildman–Crippen LogP) is 7.14. The molecule has 178 valence electrons. The van der Waals surface area contributed by atoms with Gasteiger partial charge in [-0.05, 0) is 85.7 Å². The zero-order valence-electron chi connectivity index (χ0n) is 19.4. The van der Waals surface area contributed by atoms with Crippen molar-refractivity contribution in [3.05, 3.63) is 105 Å². The summed E-state index contributed by atoms with van der Waals surface area (Å²) in [6.45, 7) is 2.08. The third-order valence-electron chi connectivity index (χ3n) is 7.03. The van der Waals surface area contributed by atoms with E-state index >= 15 is 0 Å². The molecule has 0 bridgehead atoms. The number of thiophene rings is 1. The van der Waals surface area contributed by atoms with Crippen molar-refractivity contribution in [1.29, 1.82) is 0 Å². The van der Waals surface area contributed by atoms with Gasteiger partial charge in [0.2, 0.25) is 0 Å². The van der Waals surface area contributed by atoms with Gasteiger partial charge in [-0.3, -0.25) is 0 Å². The average molecular weight is 490 g/mol. The normalized spacial score (nSPS) is 16.8. The third-order valence-corrected chi connectivity index (χ3v) is 8.36. The van der Waals surface area contributed by atoms with Gasteiger partial charge in [-0.2, -0.15) is 0 Å². The second kappa shape index (κ2) is 8.64. The number of carbonyl (C=O) groups excluding carboxylic acids is 1. The van der Waals surface area contributed by atoms with Gasteiger partial charge in [0.25, 0.3) is 0 Å². The maximum Gasteiger partial charge on any atom is 0.322 e. The number of amides is 2. The van der Waals surface area contributed by atoms with E-state index in [-0.39, 0.29) is 17.7 Å². The van der Waals surface area contributed by atoms with Crippen molar-refractivity contribution in [3.63, 3.8) is 0 Å². The third kappa shape index (κ3) is 3.84. The Morgan fingerprint density at radius 2 is 1.89 bits per heavy atom. The fourth-order valence-electron chi connectivity index (χ4n) is 5.28. The molecule has 3 heterocycles. The zero-order chi connectivity index (χ0) is 24.1. The van der Waals surface area contributed by atoms with Crippen LogP contribution in [0.3, 0.4) is 0 Å². The molecule has 1 atom stereocenters. The molecule has 0 saturated heterocycles. The van der Waals surface area contributed by atoms with Crippen molar-refractivity contribution in [2.45, 2.75) is 45.2 Å². The van der Waals surface area contributed by atoms with Crippen LogP contribution in [-0.4, -0.2) is 15.5 Å². The summed E-state index contributed by atoms with van der Waals surface area (Å²) in [4.78, 5) is 17.0. The molecule has 7 heteroatoms. The number of halogens is 2. The molecule has 0 spiro atoms. The van der Waals surface area contributed by atoms with Gasteiger partial charge in [-0.15, -0.1) is 11.3 Å². The summed E-state index contributed by atoms with van der Waals surface area (Å²) in [5.74, 6) is -0.721. The first-order valence-corrected chi connectivity index (χ1v) is 12.7. The number of aryl methyl sites for hydroxylation is 2. The number of carbonyl (C=O) groups is 1. The summed E-state index contributed by atoms with van der Waals surface area (Å²) in [7, 11) is 0. The van der Waals surface area contributed by atoms with Crippen LogP contribution in [0.1, 0.15) is 51.7 Å². The maximum atomic E-state index is 14.3. The van der Waals surface area contributed by atoms with Crippen LogP contribution >= 0.6 is 11.3 Å². The van der Waals surface area contributed by atoms with Crippen LogP contribution in [-0.2, 0) is 19.4 Å². The number of benzene rings is 2. The Hall–Kier alpha value is -3.45. The zero-order valence-corrected chi connectivity index (χ0v) is 20.2. The highest BCUT2D eigenvalue weighted by Crippen LogP contribution is 2.44. The number of urea groups is 1. The minimum atomic E-state index is -0.505. The maximum absolute atomic E-state index is 14.3. The van der Waals surface area contributed by atoms with Crippen LogP contribution < -0.4 is 5.32 Å². The summed E-state index contributed by atoms with van der Waals surface area (Å²) >= 11 is 1.80. The fourth-order valence-corrected chi connectivity index (χ4v) is 6.68. The SMILES string of the molecule is Cc1ccc(NC(=O)N2Cc3c(sc4c3CCCC4)-n3cccc3[C@H]2c2cccc(F)c2)cc1F. The van der Waals surface area contributed by atoms with Crippen LogP contribution in [0.15, 0.2) is 60.8 Å². The second-order valence-corrected chi connectivity index (χ2v) is 10.4. The van der Waals surface area contributed by atoms with E-state index in [9.17, 15) is 13.6 Å². The van der Waals surface area contributed by atoms with E-state index in [0.29, 0.717) is 23.4 Å². The summed E-state index contributed by atoms with van der Waals surface area (Å²) in [5, 5.41) is 4.03. The molecular weight excluding hydrogens is 464 g/mol. The Labute approximate surface area is 206 Å². The summed E-state index contributed by atoms with van der Waals surface area (Å²) in [6.07, 6.45) is 6.41. The lowest BCUT2D eigenvalue weighted by molar-refractivity contribution is 0.194. The minimum Gasteiger partial charge on any atom is -0.310 e. The van der Waals surface area contributed by atoms with Gasteiger partial charge in [0, 0.05) is 22.3 Å². The number of nitrogens with one attached hydrogen (secondary N) is 1. The predicted molar refractivity (Wildman–Crippen MR) is 134 cm³/mol. The number of hydrogen-bond acceptors (Lipinski definition) is 2. The van der Waals surface area contributed by atoms with Gasteiger partial charge >= 0.3 is 6.03 Å². The number of fused-ring (bicyclic) bond motifs is 5. The lowest BCUT2D eigenvalue weighted by Gasteiger charge is -2.31. The van der Waals surface area contributed by atoms with Gasteiger partial charge in [0.05, 0.1) is 18.3 Å². The summed E-state index contributed by atoms with van der Waals surface area (Å²) < 4.78 is 30.7. The molecule has 1 aliphatic carbocycles. The van der Waals surface area contributed by atoms with Crippen molar-refractivity contribution in [1.82, 2.24) is 9.47 Å². The Balaban J connectivity index is 1.49. The Bertz CT molecular complexity index is 1440. The van der Waals surface area contributed by atoms with Gasteiger partial charge in [0.15, 0.2) is 0 Å². The molecule has 2 amide bonds. The molecule has 1 N–H and O–H groups in total. The molecule has 4 aromatic rings. The Morgan fingerprint density at radius 3 is 2.71 bits per heavy atom.